The SMILES string of the molecule is CC=COC(=O)c1ccc(NC(=O)C(CC2(C)COC2)n2cc(OC)c(-c3cc(Cl)ccc3C#N)cc2=O)cc1. The van der Waals surface area contributed by atoms with Crippen LogP contribution in [0.15, 0.2) is 71.9 Å². The van der Waals surface area contributed by atoms with E-state index in [1.165, 1.54) is 30.2 Å². The van der Waals surface area contributed by atoms with Gasteiger partial charge in [0.1, 0.15) is 11.8 Å². The van der Waals surface area contributed by atoms with Crippen LogP contribution in [0.5, 0.6) is 5.75 Å². The normalized spacial score (nSPS) is 14.6. The zero-order valence-corrected chi connectivity index (χ0v) is 23.0. The zero-order valence-electron chi connectivity index (χ0n) is 22.3. The summed E-state index contributed by atoms with van der Waals surface area (Å²) in [4.78, 5) is 39.2. The Kier molecular flexibility index (Phi) is 8.73. The number of hydrogen-bond acceptors (Lipinski definition) is 7. The van der Waals surface area contributed by atoms with E-state index >= 15 is 0 Å². The number of pyridine rings is 1. The first-order chi connectivity index (χ1) is 19.2. The molecule has 1 N–H and O–H groups in total. The molecule has 4 rings (SSSR count). The largest absolute Gasteiger partial charge is 0.495 e. The van der Waals surface area contributed by atoms with Crippen molar-refractivity contribution in [2.45, 2.75) is 26.3 Å². The predicted octanol–water partition coefficient (Wildman–Crippen LogP) is 5.35. The monoisotopic (exact) mass is 561 g/mol. The summed E-state index contributed by atoms with van der Waals surface area (Å²) in [5.41, 5.74) is 1.17. The van der Waals surface area contributed by atoms with Crippen molar-refractivity contribution in [2.24, 2.45) is 5.41 Å². The molecule has 0 bridgehead atoms. The molecule has 0 aliphatic carbocycles. The van der Waals surface area contributed by atoms with Gasteiger partial charge in [-0.05, 0) is 55.8 Å². The molecule has 1 aliphatic heterocycles. The number of ether oxygens (including phenoxy) is 3. The molecule has 1 amide bonds. The highest BCUT2D eigenvalue weighted by Crippen LogP contribution is 2.38. The number of anilines is 1. The second kappa shape index (κ2) is 12.2. The summed E-state index contributed by atoms with van der Waals surface area (Å²) in [6.07, 6.45) is 4.70. The average molecular weight is 562 g/mol. The van der Waals surface area contributed by atoms with Gasteiger partial charge in [-0.3, -0.25) is 14.2 Å². The predicted molar refractivity (Wildman–Crippen MR) is 150 cm³/mol. The third-order valence-electron chi connectivity index (χ3n) is 6.58. The Labute approximate surface area is 236 Å². The summed E-state index contributed by atoms with van der Waals surface area (Å²) in [6, 6.07) is 13.6. The number of nitrogens with one attached hydrogen (secondary N) is 1. The Balaban J connectivity index is 1.69. The van der Waals surface area contributed by atoms with Gasteiger partial charge >= 0.3 is 5.97 Å². The minimum atomic E-state index is -0.904. The minimum absolute atomic E-state index is 0.301. The van der Waals surface area contributed by atoms with Crippen LogP contribution in [-0.4, -0.2) is 36.8 Å². The van der Waals surface area contributed by atoms with Gasteiger partial charge in [0.05, 0.1) is 50.0 Å². The third kappa shape index (κ3) is 6.25. The van der Waals surface area contributed by atoms with E-state index in [1.807, 2.05) is 6.92 Å². The number of nitriles is 1. The highest BCUT2D eigenvalue weighted by molar-refractivity contribution is 6.31. The summed E-state index contributed by atoms with van der Waals surface area (Å²) < 4.78 is 17.3. The van der Waals surface area contributed by atoms with E-state index < -0.39 is 23.5 Å². The number of benzene rings is 2. The van der Waals surface area contributed by atoms with Crippen LogP contribution in [0.1, 0.15) is 42.2 Å². The van der Waals surface area contributed by atoms with Gasteiger partial charge < -0.3 is 19.5 Å². The van der Waals surface area contributed by atoms with Crippen LogP contribution in [0.25, 0.3) is 11.1 Å². The maximum Gasteiger partial charge on any atom is 0.342 e. The Morgan fingerprint density at radius 3 is 2.52 bits per heavy atom. The van der Waals surface area contributed by atoms with Gasteiger partial charge in [0, 0.05) is 33.3 Å². The molecule has 10 heteroatoms. The van der Waals surface area contributed by atoms with Gasteiger partial charge in [-0.2, -0.15) is 5.26 Å². The van der Waals surface area contributed by atoms with Gasteiger partial charge in [-0.1, -0.05) is 24.6 Å². The lowest BCUT2D eigenvalue weighted by molar-refractivity contribution is -0.130. The van der Waals surface area contributed by atoms with Crippen molar-refractivity contribution < 1.29 is 23.8 Å². The second-order valence-electron chi connectivity index (χ2n) is 9.77. The molecule has 1 atom stereocenters. The molecule has 1 fully saturated rings. The standard InChI is InChI=1S/C30H28ClN3O6/c1-4-11-40-29(37)19-6-9-22(10-7-19)33-28(36)25(14-30(2)17-39-18-30)34-16-26(38-3)24(13-27(34)35)23-12-21(31)8-5-20(23)15-32/h4-13,16,25H,14,17-18H2,1-3H3,(H,33,36). The van der Waals surface area contributed by atoms with Gasteiger partial charge in [0.25, 0.3) is 5.56 Å². The second-order valence-corrected chi connectivity index (χ2v) is 10.2. The van der Waals surface area contributed by atoms with Gasteiger partial charge in [0.2, 0.25) is 5.91 Å². The quantitative estimate of drug-likeness (QED) is 0.276. The number of hydrogen-bond donors (Lipinski definition) is 1. The maximum absolute atomic E-state index is 13.6. The molecule has 1 aliphatic rings. The summed E-state index contributed by atoms with van der Waals surface area (Å²) in [5.74, 6) is -0.644. The van der Waals surface area contributed by atoms with Crippen molar-refractivity contribution in [1.82, 2.24) is 4.57 Å². The number of carbonyl (C=O) groups excluding carboxylic acids is 2. The molecule has 1 aromatic heterocycles. The van der Waals surface area contributed by atoms with Gasteiger partial charge in [-0.15, -0.1) is 0 Å². The van der Waals surface area contributed by atoms with Crippen LogP contribution in [0.4, 0.5) is 5.69 Å². The number of halogens is 1. The number of aromatic nitrogens is 1. The van der Waals surface area contributed by atoms with Crippen LogP contribution in [-0.2, 0) is 14.3 Å². The molecule has 9 nitrogen and oxygen atoms in total. The molecule has 1 unspecified atom stereocenters. The number of esters is 1. The molecule has 206 valence electrons. The maximum atomic E-state index is 13.6. The van der Waals surface area contributed by atoms with Crippen LogP contribution in [0, 0.1) is 16.7 Å². The average Bonchev–Trinajstić information content (AvgIpc) is 2.94. The van der Waals surface area contributed by atoms with Crippen LogP contribution < -0.4 is 15.6 Å². The summed E-state index contributed by atoms with van der Waals surface area (Å²) in [5, 5.41) is 12.8. The molecule has 0 spiro atoms. The topological polar surface area (TPSA) is 120 Å². The first-order valence-electron chi connectivity index (χ1n) is 12.5. The molecule has 2 aromatic carbocycles. The number of nitrogens with zero attached hydrogens (tertiary/aromatic N) is 2. The van der Waals surface area contributed by atoms with Crippen molar-refractivity contribution in [3.05, 3.63) is 93.6 Å². The lowest BCUT2D eigenvalue weighted by atomic mass is 9.81. The van der Waals surface area contributed by atoms with E-state index in [1.54, 1.807) is 55.5 Å². The molecular formula is C30H28ClN3O6. The number of amides is 1. The smallest absolute Gasteiger partial charge is 0.342 e. The van der Waals surface area contributed by atoms with Gasteiger partial charge in [-0.25, -0.2) is 4.79 Å². The Bertz CT molecular complexity index is 1550. The number of carbonyl (C=O) groups is 2. The fourth-order valence-electron chi connectivity index (χ4n) is 4.45. The minimum Gasteiger partial charge on any atom is -0.495 e. The van der Waals surface area contributed by atoms with Crippen LogP contribution in [0.3, 0.4) is 0 Å². The molecule has 2 heterocycles. The summed E-state index contributed by atoms with van der Waals surface area (Å²) >= 11 is 6.18. The first kappa shape index (κ1) is 28.6. The summed E-state index contributed by atoms with van der Waals surface area (Å²) in [6.45, 7) is 4.63. The van der Waals surface area contributed by atoms with E-state index in [9.17, 15) is 19.6 Å². The van der Waals surface area contributed by atoms with E-state index in [4.69, 9.17) is 25.8 Å². The lowest BCUT2D eigenvalue weighted by Gasteiger charge is -2.40. The zero-order chi connectivity index (χ0) is 28.9. The molecule has 40 heavy (non-hydrogen) atoms. The molecule has 0 saturated carbocycles. The Morgan fingerprint density at radius 2 is 1.93 bits per heavy atom. The van der Waals surface area contributed by atoms with Crippen LogP contribution in [0.2, 0.25) is 5.02 Å². The number of methoxy groups -OCH3 is 1. The molecule has 1 saturated heterocycles. The van der Waals surface area contributed by atoms with E-state index in [0.717, 1.165) is 0 Å². The Morgan fingerprint density at radius 1 is 1.20 bits per heavy atom. The molecule has 3 aromatic rings. The third-order valence-corrected chi connectivity index (χ3v) is 6.82. The number of rotatable bonds is 9. The first-order valence-corrected chi connectivity index (χ1v) is 12.9. The van der Waals surface area contributed by atoms with Crippen molar-refractivity contribution in [1.29, 1.82) is 5.26 Å². The summed E-state index contributed by atoms with van der Waals surface area (Å²) in [7, 11) is 1.45. The van der Waals surface area contributed by atoms with Gasteiger partial charge in [0.15, 0.2) is 0 Å². The van der Waals surface area contributed by atoms with Crippen molar-refractivity contribution in [2.75, 3.05) is 25.6 Å². The fourth-order valence-corrected chi connectivity index (χ4v) is 4.62. The van der Waals surface area contributed by atoms with E-state index in [-0.39, 0.29) is 5.41 Å². The van der Waals surface area contributed by atoms with Crippen LogP contribution >= 0.6 is 11.6 Å². The Hall–Kier alpha value is -4.39. The highest BCUT2D eigenvalue weighted by atomic mass is 35.5. The fraction of sp³-hybridized carbons (Fsp3) is 0.267. The van der Waals surface area contributed by atoms with E-state index in [2.05, 4.69) is 11.4 Å². The molecule has 0 radical (unpaired) electrons. The van der Waals surface area contributed by atoms with E-state index in [0.29, 0.717) is 58.3 Å². The highest BCUT2D eigenvalue weighted by Gasteiger charge is 2.39. The van der Waals surface area contributed by atoms with Crippen molar-refractivity contribution in [3.63, 3.8) is 0 Å². The van der Waals surface area contributed by atoms with Crippen molar-refractivity contribution in [3.8, 4) is 22.9 Å². The number of allylic oxidation sites excluding steroid dienone is 1. The lowest BCUT2D eigenvalue weighted by Crippen LogP contribution is -2.45. The van der Waals surface area contributed by atoms with Crippen molar-refractivity contribution >= 4 is 29.2 Å². The molecular weight excluding hydrogens is 534 g/mol.